The molecule has 0 spiro atoms. The van der Waals surface area contributed by atoms with Crippen molar-refractivity contribution in [2.75, 3.05) is 14.2 Å². The van der Waals surface area contributed by atoms with Crippen molar-refractivity contribution >= 4 is 38.7 Å². The maximum Gasteiger partial charge on any atom is 0.118 e. The molecule has 0 amide bonds. The molecule has 0 N–H and O–H groups in total. The predicted molar refractivity (Wildman–Crippen MR) is 177 cm³/mol. The number of hydrogen-bond donors (Lipinski definition) is 0. The molecule has 4 heterocycles. The first-order valence-electron chi connectivity index (χ1n) is 15.5. The van der Waals surface area contributed by atoms with E-state index in [2.05, 4.69) is 133 Å². The Balaban J connectivity index is 1.16. The van der Waals surface area contributed by atoms with E-state index in [4.69, 9.17) is 9.47 Å². The summed E-state index contributed by atoms with van der Waals surface area (Å²) in [6.07, 6.45) is 4.97. The van der Waals surface area contributed by atoms with E-state index in [9.17, 15) is 0 Å². The molecule has 4 saturated heterocycles. The van der Waals surface area contributed by atoms with Crippen LogP contribution in [0.5, 0.6) is 11.5 Å². The first kappa shape index (κ1) is 24.9. The molecule has 0 aromatic heterocycles. The van der Waals surface area contributed by atoms with Gasteiger partial charge in [-0.1, -0.05) is 119 Å². The second kappa shape index (κ2) is 8.95. The fourth-order valence-electron chi connectivity index (χ4n) is 11.3. The van der Waals surface area contributed by atoms with Crippen LogP contribution in [0.2, 0.25) is 22.2 Å². The van der Waals surface area contributed by atoms with E-state index in [0.717, 1.165) is 57.3 Å². The smallest absolute Gasteiger partial charge is 0.118 e. The fourth-order valence-corrected chi connectivity index (χ4v) is 26.7. The zero-order valence-corrected chi connectivity index (χ0v) is 26.1. The summed E-state index contributed by atoms with van der Waals surface area (Å²) in [5.41, 5.74) is 11.8. The van der Waals surface area contributed by atoms with Gasteiger partial charge in [0.1, 0.15) is 27.6 Å². The molecule has 4 aliphatic heterocycles. The SMILES string of the molecule is COc1ccc([Si]2(/C=C/c3ccccc3)C3C4C5C2C2C3C4[Si](/C=C/c3ccccc3)(c3ccc(OC)cc3)C52)cc1. The third-order valence-electron chi connectivity index (χ3n) is 12.3. The Kier molecular flexibility index (Phi) is 5.31. The van der Waals surface area contributed by atoms with Gasteiger partial charge in [-0.3, -0.25) is 0 Å². The zero-order chi connectivity index (χ0) is 28.1. The number of hydrogen-bond acceptors (Lipinski definition) is 2. The highest BCUT2D eigenvalue weighted by Crippen LogP contribution is 3.00. The quantitative estimate of drug-likeness (QED) is 0.205. The largest absolute Gasteiger partial charge is 0.497 e. The molecular formula is C38H36O2Si2. The highest BCUT2D eigenvalue weighted by atomic mass is 28.3. The van der Waals surface area contributed by atoms with Crippen LogP contribution in [-0.2, 0) is 0 Å². The highest BCUT2D eigenvalue weighted by molar-refractivity contribution is 7.06. The van der Waals surface area contributed by atoms with Crippen LogP contribution in [0.25, 0.3) is 12.2 Å². The van der Waals surface area contributed by atoms with E-state index in [1.165, 1.54) is 11.1 Å². The minimum Gasteiger partial charge on any atom is -0.497 e. The van der Waals surface area contributed by atoms with Crippen molar-refractivity contribution in [2.24, 2.45) is 23.7 Å². The Bertz CT molecular complexity index is 1520. The maximum absolute atomic E-state index is 5.59. The molecule has 6 aliphatic rings. The average molecular weight is 581 g/mol. The van der Waals surface area contributed by atoms with Crippen molar-refractivity contribution in [2.45, 2.75) is 22.2 Å². The Morgan fingerprint density at radius 1 is 0.452 bits per heavy atom. The van der Waals surface area contributed by atoms with E-state index < -0.39 is 16.1 Å². The Morgan fingerprint density at radius 3 is 1.10 bits per heavy atom. The van der Waals surface area contributed by atoms with Crippen molar-refractivity contribution in [1.29, 1.82) is 0 Å². The van der Waals surface area contributed by atoms with E-state index in [-0.39, 0.29) is 0 Å². The van der Waals surface area contributed by atoms with Crippen molar-refractivity contribution in [1.82, 2.24) is 0 Å². The number of methoxy groups -OCH3 is 2. The second-order valence-corrected chi connectivity index (χ2v) is 21.4. The van der Waals surface area contributed by atoms with Gasteiger partial charge in [0.25, 0.3) is 0 Å². The van der Waals surface area contributed by atoms with Gasteiger partial charge in [-0.15, -0.1) is 0 Å². The molecule has 4 aromatic rings. The summed E-state index contributed by atoms with van der Waals surface area (Å²) in [6.45, 7) is 0. The molecule has 10 rings (SSSR count). The molecule has 42 heavy (non-hydrogen) atoms. The van der Waals surface area contributed by atoms with Crippen molar-refractivity contribution in [3.05, 3.63) is 132 Å². The fraction of sp³-hybridized carbons (Fsp3) is 0.263. The summed E-state index contributed by atoms with van der Waals surface area (Å²) in [5.74, 6) is 5.49. The molecule has 0 unspecified atom stereocenters. The Morgan fingerprint density at radius 2 is 0.786 bits per heavy atom. The van der Waals surface area contributed by atoms with Crippen molar-refractivity contribution < 1.29 is 9.47 Å². The Hall–Kier alpha value is -3.61. The number of rotatable bonds is 8. The van der Waals surface area contributed by atoms with Gasteiger partial charge in [-0.05, 0) is 81.2 Å². The summed E-state index contributed by atoms with van der Waals surface area (Å²) in [7, 11) is -0.210. The molecule has 4 heteroatoms. The van der Waals surface area contributed by atoms with Gasteiger partial charge >= 0.3 is 0 Å². The molecule has 2 saturated carbocycles. The van der Waals surface area contributed by atoms with E-state index in [1.807, 2.05) is 0 Å². The lowest BCUT2D eigenvalue weighted by molar-refractivity contribution is -0.0323. The number of benzene rings is 4. The molecule has 0 radical (unpaired) electrons. The molecule has 4 aromatic carbocycles. The topological polar surface area (TPSA) is 18.5 Å². The minimum atomic E-state index is -1.88. The van der Waals surface area contributed by atoms with Gasteiger partial charge in [-0.25, -0.2) is 0 Å². The summed E-state index contributed by atoms with van der Waals surface area (Å²) in [4.78, 5) is 0. The first-order chi connectivity index (χ1) is 20.7. The van der Waals surface area contributed by atoms with E-state index in [1.54, 1.807) is 24.6 Å². The van der Waals surface area contributed by atoms with Gasteiger partial charge in [0.15, 0.2) is 0 Å². The van der Waals surface area contributed by atoms with Gasteiger partial charge in [0, 0.05) is 0 Å². The molecule has 6 fully saturated rings. The van der Waals surface area contributed by atoms with Crippen molar-refractivity contribution in [3.63, 3.8) is 0 Å². The molecule has 208 valence electrons. The van der Waals surface area contributed by atoms with Gasteiger partial charge in [-0.2, -0.15) is 0 Å². The summed E-state index contributed by atoms with van der Waals surface area (Å²) >= 11 is 0. The van der Waals surface area contributed by atoms with Crippen LogP contribution in [0.15, 0.2) is 121 Å². The third kappa shape index (κ3) is 2.95. The monoisotopic (exact) mass is 580 g/mol. The maximum atomic E-state index is 5.59. The Labute approximate surface area is 250 Å². The molecule has 4 bridgehead atoms. The third-order valence-corrected chi connectivity index (χ3v) is 23.9. The summed E-state index contributed by atoms with van der Waals surface area (Å²) in [5, 5.41) is 3.28. The molecule has 0 atom stereocenters. The number of ether oxygens (including phenoxy) is 2. The van der Waals surface area contributed by atoms with Crippen LogP contribution in [-0.4, -0.2) is 30.4 Å². The van der Waals surface area contributed by atoms with Gasteiger partial charge in [0.05, 0.1) is 14.2 Å². The minimum absolute atomic E-state index is 0.879. The van der Waals surface area contributed by atoms with Crippen LogP contribution in [0, 0.1) is 23.7 Å². The van der Waals surface area contributed by atoms with Gasteiger partial charge < -0.3 is 9.47 Å². The molecular weight excluding hydrogens is 545 g/mol. The van der Waals surface area contributed by atoms with Crippen molar-refractivity contribution in [3.8, 4) is 11.5 Å². The zero-order valence-electron chi connectivity index (χ0n) is 24.1. The van der Waals surface area contributed by atoms with Gasteiger partial charge in [0.2, 0.25) is 0 Å². The average Bonchev–Trinajstić information content (AvgIpc) is 3.54. The highest BCUT2D eigenvalue weighted by Gasteiger charge is 2.96. The van der Waals surface area contributed by atoms with Crippen LogP contribution in [0.3, 0.4) is 0 Å². The molecule has 2 aliphatic carbocycles. The summed E-state index contributed by atoms with van der Waals surface area (Å²) < 4.78 is 11.2. The lowest BCUT2D eigenvalue weighted by atomic mass is 9.45. The lowest BCUT2D eigenvalue weighted by Gasteiger charge is -2.59. The van der Waals surface area contributed by atoms with Crippen LogP contribution >= 0.6 is 0 Å². The van der Waals surface area contributed by atoms with Crippen LogP contribution in [0.4, 0.5) is 0 Å². The molecule has 2 nitrogen and oxygen atoms in total. The standard InChI is InChI=1S/C38H36O2Si2/c1-39-27-13-17-29(18-14-27)41(23-21-25-9-5-3-6-10-25)35-31-32-36(41)34-33(35)37(31)42(38(32)34,24-22-26-11-7-4-8-12-26)30-19-15-28(40-2)16-20-30/h3-24,31-38H,1-2H3/b23-21+,24-22+. The van der Waals surface area contributed by atoms with E-state index in [0.29, 0.717) is 0 Å². The van der Waals surface area contributed by atoms with Crippen LogP contribution in [0.1, 0.15) is 11.1 Å². The predicted octanol–water partition coefficient (Wildman–Crippen LogP) is 7.23. The first-order valence-corrected chi connectivity index (χ1v) is 20.0. The normalized spacial score (nSPS) is 37.8. The second-order valence-electron chi connectivity index (χ2n) is 13.2. The van der Waals surface area contributed by atoms with Crippen LogP contribution < -0.4 is 19.8 Å². The summed E-state index contributed by atoms with van der Waals surface area (Å²) in [6, 6.07) is 40.6. The lowest BCUT2D eigenvalue weighted by Crippen LogP contribution is -2.60. The van der Waals surface area contributed by atoms with E-state index >= 15 is 0 Å².